The Labute approximate surface area is 153 Å². The van der Waals surface area contributed by atoms with E-state index in [1.807, 2.05) is 6.07 Å². The van der Waals surface area contributed by atoms with Gasteiger partial charge in [0.25, 0.3) is 10.0 Å². The molecule has 1 aliphatic heterocycles. The molecule has 0 radical (unpaired) electrons. The van der Waals surface area contributed by atoms with E-state index in [2.05, 4.69) is 4.72 Å². The molecule has 3 rings (SSSR count). The van der Waals surface area contributed by atoms with Crippen molar-refractivity contribution in [1.29, 1.82) is 0 Å². The summed E-state index contributed by atoms with van der Waals surface area (Å²) < 4.78 is 33.6. The number of hydrogen-bond acceptors (Lipinski definition) is 4. The number of piperidine rings is 1. The molecule has 0 aliphatic carbocycles. The van der Waals surface area contributed by atoms with Crippen LogP contribution in [0.5, 0.6) is 5.75 Å². The molecular formula is C19H22N2O4S. The largest absolute Gasteiger partial charge is 0.492 e. The van der Waals surface area contributed by atoms with E-state index in [0.29, 0.717) is 36.7 Å². The number of carbonyl (C=O) groups excluding carboxylic acids is 1. The Balaban J connectivity index is 1.87. The van der Waals surface area contributed by atoms with E-state index < -0.39 is 10.0 Å². The molecule has 1 N–H and O–H groups in total. The van der Waals surface area contributed by atoms with Gasteiger partial charge in [0, 0.05) is 18.7 Å². The molecule has 6 nitrogen and oxygen atoms in total. The quantitative estimate of drug-likeness (QED) is 0.841. The summed E-state index contributed by atoms with van der Waals surface area (Å²) >= 11 is 0. The third-order valence-electron chi connectivity index (χ3n) is 4.17. The standard InChI is InChI=1S/C19H22N2O4S/c1-2-25-17-10-3-4-11-18(17)26(23,24)20-15-8-7-9-16(14-15)21-13-6-5-12-19(21)22/h3-4,7-11,14,20H,2,5-6,12-13H2,1H3. The fourth-order valence-electron chi connectivity index (χ4n) is 2.97. The second-order valence-electron chi connectivity index (χ2n) is 6.04. The summed E-state index contributed by atoms with van der Waals surface area (Å²) in [5, 5.41) is 0. The fourth-order valence-corrected chi connectivity index (χ4v) is 4.17. The van der Waals surface area contributed by atoms with Crippen LogP contribution in [0.3, 0.4) is 0 Å². The van der Waals surface area contributed by atoms with Crippen LogP contribution >= 0.6 is 0 Å². The maximum Gasteiger partial charge on any atom is 0.265 e. The molecule has 2 aromatic carbocycles. The average Bonchev–Trinajstić information content (AvgIpc) is 2.62. The van der Waals surface area contributed by atoms with Crippen molar-refractivity contribution in [2.45, 2.75) is 31.1 Å². The molecule has 0 spiro atoms. The van der Waals surface area contributed by atoms with Crippen LogP contribution in [0.25, 0.3) is 0 Å². The number of amides is 1. The molecule has 1 fully saturated rings. The molecule has 7 heteroatoms. The van der Waals surface area contributed by atoms with Crippen LogP contribution in [0, 0.1) is 0 Å². The lowest BCUT2D eigenvalue weighted by Crippen LogP contribution is -2.35. The summed E-state index contributed by atoms with van der Waals surface area (Å²) in [6, 6.07) is 13.4. The van der Waals surface area contributed by atoms with Crippen molar-refractivity contribution in [1.82, 2.24) is 0 Å². The topological polar surface area (TPSA) is 75.7 Å². The maximum absolute atomic E-state index is 12.8. The highest BCUT2D eigenvalue weighted by Gasteiger charge is 2.22. The van der Waals surface area contributed by atoms with E-state index in [-0.39, 0.29) is 10.8 Å². The number of sulfonamides is 1. The second-order valence-corrected chi connectivity index (χ2v) is 7.69. The Morgan fingerprint density at radius 1 is 1.12 bits per heavy atom. The average molecular weight is 374 g/mol. The zero-order chi connectivity index (χ0) is 18.6. The molecule has 0 aromatic heterocycles. The fraction of sp³-hybridized carbons (Fsp3) is 0.316. The first-order valence-electron chi connectivity index (χ1n) is 8.66. The third-order valence-corrected chi connectivity index (χ3v) is 5.59. The Kier molecular flexibility index (Phi) is 5.46. The number of nitrogens with zero attached hydrogens (tertiary/aromatic N) is 1. The first kappa shape index (κ1) is 18.3. The van der Waals surface area contributed by atoms with Crippen LogP contribution in [0.15, 0.2) is 53.4 Å². The zero-order valence-electron chi connectivity index (χ0n) is 14.6. The van der Waals surface area contributed by atoms with Crippen LogP contribution in [0.2, 0.25) is 0 Å². The molecular weight excluding hydrogens is 352 g/mol. The molecule has 1 aliphatic rings. The van der Waals surface area contributed by atoms with Gasteiger partial charge in [-0.15, -0.1) is 0 Å². The van der Waals surface area contributed by atoms with Crippen LogP contribution in [-0.2, 0) is 14.8 Å². The van der Waals surface area contributed by atoms with Gasteiger partial charge in [0.05, 0.1) is 12.3 Å². The molecule has 0 bridgehead atoms. The van der Waals surface area contributed by atoms with Crippen molar-refractivity contribution in [3.8, 4) is 5.75 Å². The van der Waals surface area contributed by atoms with Crippen molar-refractivity contribution in [3.63, 3.8) is 0 Å². The lowest BCUT2D eigenvalue weighted by Gasteiger charge is -2.27. The zero-order valence-corrected chi connectivity index (χ0v) is 15.5. The Bertz CT molecular complexity index is 896. The molecule has 1 saturated heterocycles. The summed E-state index contributed by atoms with van der Waals surface area (Å²) in [5.74, 6) is 0.378. The molecule has 0 saturated carbocycles. The summed E-state index contributed by atoms with van der Waals surface area (Å²) in [4.78, 5) is 13.9. The minimum absolute atomic E-state index is 0.0675. The van der Waals surface area contributed by atoms with E-state index in [4.69, 9.17) is 4.74 Å². The second kappa shape index (κ2) is 7.78. The normalized spacial score (nSPS) is 15.0. The highest BCUT2D eigenvalue weighted by atomic mass is 32.2. The van der Waals surface area contributed by atoms with Crippen molar-refractivity contribution in [2.75, 3.05) is 22.8 Å². The Morgan fingerprint density at radius 3 is 2.69 bits per heavy atom. The number of ether oxygens (including phenoxy) is 1. The van der Waals surface area contributed by atoms with E-state index in [9.17, 15) is 13.2 Å². The molecule has 1 amide bonds. The summed E-state index contributed by atoms with van der Waals surface area (Å²) in [7, 11) is -3.81. The summed E-state index contributed by atoms with van der Waals surface area (Å²) in [5.41, 5.74) is 1.11. The number of nitrogens with one attached hydrogen (secondary N) is 1. The van der Waals surface area contributed by atoms with Gasteiger partial charge < -0.3 is 9.64 Å². The Morgan fingerprint density at radius 2 is 1.92 bits per heavy atom. The first-order valence-corrected chi connectivity index (χ1v) is 10.1. The monoisotopic (exact) mass is 374 g/mol. The van der Waals surface area contributed by atoms with Crippen LogP contribution < -0.4 is 14.4 Å². The highest BCUT2D eigenvalue weighted by Crippen LogP contribution is 2.28. The van der Waals surface area contributed by atoms with E-state index in [1.165, 1.54) is 6.07 Å². The van der Waals surface area contributed by atoms with Gasteiger partial charge in [-0.05, 0) is 50.1 Å². The number of carbonyl (C=O) groups is 1. The number of benzene rings is 2. The maximum atomic E-state index is 12.8. The molecule has 2 aromatic rings. The van der Waals surface area contributed by atoms with Crippen molar-refractivity contribution >= 4 is 27.3 Å². The van der Waals surface area contributed by atoms with Gasteiger partial charge in [-0.3, -0.25) is 9.52 Å². The molecule has 0 atom stereocenters. The van der Waals surface area contributed by atoms with E-state index in [1.54, 1.807) is 48.2 Å². The molecule has 0 unspecified atom stereocenters. The van der Waals surface area contributed by atoms with E-state index in [0.717, 1.165) is 12.8 Å². The van der Waals surface area contributed by atoms with Crippen molar-refractivity contribution in [2.24, 2.45) is 0 Å². The first-order chi connectivity index (χ1) is 12.5. The molecule has 138 valence electrons. The van der Waals surface area contributed by atoms with E-state index >= 15 is 0 Å². The van der Waals surface area contributed by atoms with Gasteiger partial charge >= 0.3 is 0 Å². The van der Waals surface area contributed by atoms with Crippen LogP contribution in [-0.4, -0.2) is 27.5 Å². The van der Waals surface area contributed by atoms with Gasteiger partial charge in [-0.2, -0.15) is 0 Å². The highest BCUT2D eigenvalue weighted by molar-refractivity contribution is 7.92. The third kappa shape index (κ3) is 3.99. The SMILES string of the molecule is CCOc1ccccc1S(=O)(=O)Nc1cccc(N2CCCCC2=O)c1. The molecule has 1 heterocycles. The Hall–Kier alpha value is -2.54. The lowest BCUT2D eigenvalue weighted by atomic mass is 10.1. The van der Waals surface area contributed by atoms with Crippen molar-refractivity contribution < 1.29 is 17.9 Å². The molecule has 26 heavy (non-hydrogen) atoms. The van der Waals surface area contributed by atoms with Gasteiger partial charge in [0.15, 0.2) is 0 Å². The van der Waals surface area contributed by atoms with Crippen LogP contribution in [0.4, 0.5) is 11.4 Å². The predicted molar refractivity (Wildman–Crippen MR) is 101 cm³/mol. The lowest BCUT2D eigenvalue weighted by molar-refractivity contribution is -0.119. The van der Waals surface area contributed by atoms with Gasteiger partial charge in [0.2, 0.25) is 5.91 Å². The smallest absolute Gasteiger partial charge is 0.265 e. The summed E-state index contributed by atoms with van der Waals surface area (Å²) in [6.45, 7) is 2.83. The minimum Gasteiger partial charge on any atom is -0.492 e. The summed E-state index contributed by atoms with van der Waals surface area (Å²) in [6.07, 6.45) is 2.37. The predicted octanol–water partition coefficient (Wildman–Crippen LogP) is 3.40. The van der Waals surface area contributed by atoms with Gasteiger partial charge in [0.1, 0.15) is 10.6 Å². The number of para-hydroxylation sites is 1. The van der Waals surface area contributed by atoms with Crippen LogP contribution in [0.1, 0.15) is 26.2 Å². The number of rotatable bonds is 6. The van der Waals surface area contributed by atoms with Gasteiger partial charge in [-0.1, -0.05) is 18.2 Å². The van der Waals surface area contributed by atoms with Crippen molar-refractivity contribution in [3.05, 3.63) is 48.5 Å². The number of anilines is 2. The minimum atomic E-state index is -3.81. The van der Waals surface area contributed by atoms with Gasteiger partial charge in [-0.25, -0.2) is 8.42 Å². The number of hydrogen-bond donors (Lipinski definition) is 1.